The van der Waals surface area contributed by atoms with Gasteiger partial charge in [-0.15, -0.1) is 0 Å². The van der Waals surface area contributed by atoms with Gasteiger partial charge in [0.05, 0.1) is 0 Å². The van der Waals surface area contributed by atoms with E-state index in [0.29, 0.717) is 18.7 Å². The highest BCUT2D eigenvalue weighted by Crippen LogP contribution is 2.38. The first-order valence-electron chi connectivity index (χ1n) is 8.93. The minimum Gasteiger partial charge on any atom is -0.360 e. The summed E-state index contributed by atoms with van der Waals surface area (Å²) >= 11 is 7.03. The van der Waals surface area contributed by atoms with Gasteiger partial charge in [-0.2, -0.15) is 0 Å². The van der Waals surface area contributed by atoms with Crippen molar-refractivity contribution in [2.24, 2.45) is 10.9 Å². The minimum absolute atomic E-state index is 0.126. The molecule has 1 N–H and O–H groups in total. The second-order valence-corrected chi connectivity index (χ2v) is 8.90. The maximum absolute atomic E-state index is 12.9. The average molecular weight is 484 g/mol. The molecule has 0 fully saturated rings. The minimum atomic E-state index is 0.126. The molecule has 1 aliphatic heterocycles. The number of aromatic amines is 1. The van der Waals surface area contributed by atoms with Crippen molar-refractivity contribution < 1.29 is 4.79 Å². The predicted octanol–water partition coefficient (Wildman–Crippen LogP) is 5.71. The molecule has 2 aliphatic rings. The SMILES string of the molecule is O=C1C[C@H](C2=CCc3cc(Br)ccc32)CN=C1c1c[nH]c2cc(Br)ccc12. The van der Waals surface area contributed by atoms with E-state index in [2.05, 4.69) is 61.1 Å². The zero-order valence-electron chi connectivity index (χ0n) is 14.4. The molecule has 0 unspecified atom stereocenters. The van der Waals surface area contributed by atoms with E-state index in [0.717, 1.165) is 31.8 Å². The number of allylic oxidation sites excluding steroid dienone is 1. The van der Waals surface area contributed by atoms with E-state index in [1.807, 2.05) is 24.4 Å². The van der Waals surface area contributed by atoms with Crippen LogP contribution in [0.1, 0.15) is 23.1 Å². The molecule has 5 heteroatoms. The Labute approximate surface area is 173 Å². The fraction of sp³-hybridized carbons (Fsp3) is 0.182. The highest BCUT2D eigenvalue weighted by atomic mass is 79.9. The van der Waals surface area contributed by atoms with Gasteiger partial charge in [-0.05, 0) is 47.4 Å². The maximum Gasteiger partial charge on any atom is 0.182 e. The number of aromatic nitrogens is 1. The van der Waals surface area contributed by atoms with Crippen LogP contribution in [0.5, 0.6) is 0 Å². The Kier molecular flexibility index (Phi) is 4.17. The molecule has 1 atom stereocenters. The van der Waals surface area contributed by atoms with Crippen LogP contribution < -0.4 is 0 Å². The number of Topliss-reactive ketones (excluding diaryl/α,β-unsaturated/α-hetero) is 1. The van der Waals surface area contributed by atoms with Crippen molar-refractivity contribution in [3.8, 4) is 0 Å². The molecule has 3 nitrogen and oxygen atoms in total. The second kappa shape index (κ2) is 6.57. The Morgan fingerprint density at radius 3 is 2.70 bits per heavy atom. The number of benzene rings is 2. The summed E-state index contributed by atoms with van der Waals surface area (Å²) in [6, 6.07) is 12.4. The summed E-state index contributed by atoms with van der Waals surface area (Å²) < 4.78 is 2.11. The summed E-state index contributed by atoms with van der Waals surface area (Å²) in [5, 5.41) is 1.04. The average Bonchev–Trinajstić information content (AvgIpc) is 3.25. The van der Waals surface area contributed by atoms with Gasteiger partial charge < -0.3 is 4.98 Å². The number of halogens is 2. The number of hydrogen-bond donors (Lipinski definition) is 1. The van der Waals surface area contributed by atoms with Gasteiger partial charge in [0.1, 0.15) is 5.71 Å². The molecule has 1 aliphatic carbocycles. The van der Waals surface area contributed by atoms with Gasteiger partial charge in [-0.25, -0.2) is 0 Å². The Hall–Kier alpha value is -1.98. The van der Waals surface area contributed by atoms with Gasteiger partial charge in [-0.3, -0.25) is 9.79 Å². The molecule has 0 amide bonds. The summed E-state index contributed by atoms with van der Waals surface area (Å²) in [5.41, 5.74) is 6.39. The largest absolute Gasteiger partial charge is 0.360 e. The molecule has 0 radical (unpaired) electrons. The highest BCUT2D eigenvalue weighted by Gasteiger charge is 2.30. The number of ketones is 1. The van der Waals surface area contributed by atoms with Crippen LogP contribution in [0.2, 0.25) is 0 Å². The lowest BCUT2D eigenvalue weighted by molar-refractivity contribution is -0.113. The first-order chi connectivity index (χ1) is 13.1. The van der Waals surface area contributed by atoms with E-state index >= 15 is 0 Å². The molecule has 0 spiro atoms. The lowest BCUT2D eigenvalue weighted by Crippen LogP contribution is -2.27. The number of rotatable bonds is 2. The molecular weight excluding hydrogens is 468 g/mol. The van der Waals surface area contributed by atoms with Crippen molar-refractivity contribution in [3.05, 3.63) is 74.3 Å². The van der Waals surface area contributed by atoms with Crippen molar-refractivity contribution in [1.82, 2.24) is 4.98 Å². The third-order valence-electron chi connectivity index (χ3n) is 5.42. The van der Waals surface area contributed by atoms with E-state index in [-0.39, 0.29) is 11.7 Å². The topological polar surface area (TPSA) is 45.2 Å². The Morgan fingerprint density at radius 2 is 1.85 bits per heavy atom. The summed E-state index contributed by atoms with van der Waals surface area (Å²) in [5.74, 6) is 0.296. The molecule has 2 aromatic carbocycles. The number of hydrogen-bond acceptors (Lipinski definition) is 2. The fourth-order valence-electron chi connectivity index (χ4n) is 4.14. The number of carbonyl (C=O) groups excluding carboxylic acids is 1. The molecule has 0 saturated carbocycles. The zero-order chi connectivity index (χ0) is 18.5. The maximum atomic E-state index is 12.9. The first-order valence-corrected chi connectivity index (χ1v) is 10.5. The lowest BCUT2D eigenvalue weighted by atomic mass is 9.85. The Balaban J connectivity index is 1.46. The van der Waals surface area contributed by atoms with Crippen molar-refractivity contribution in [1.29, 1.82) is 0 Å². The van der Waals surface area contributed by atoms with E-state index < -0.39 is 0 Å². The summed E-state index contributed by atoms with van der Waals surface area (Å²) in [6.07, 6.45) is 5.61. The smallest absolute Gasteiger partial charge is 0.182 e. The van der Waals surface area contributed by atoms with Crippen LogP contribution >= 0.6 is 31.9 Å². The molecule has 2 heterocycles. The summed E-state index contributed by atoms with van der Waals surface area (Å²) in [7, 11) is 0. The van der Waals surface area contributed by atoms with Gasteiger partial charge in [0, 0.05) is 50.5 Å². The van der Waals surface area contributed by atoms with Crippen LogP contribution in [0.3, 0.4) is 0 Å². The van der Waals surface area contributed by atoms with Gasteiger partial charge in [-0.1, -0.05) is 50.1 Å². The molecular formula is C22H16Br2N2O. The van der Waals surface area contributed by atoms with Crippen molar-refractivity contribution in [3.63, 3.8) is 0 Å². The van der Waals surface area contributed by atoms with Crippen LogP contribution in [0.15, 0.2) is 62.6 Å². The highest BCUT2D eigenvalue weighted by molar-refractivity contribution is 9.10. The first kappa shape index (κ1) is 17.1. The summed E-state index contributed by atoms with van der Waals surface area (Å²) in [4.78, 5) is 20.9. The molecule has 5 rings (SSSR count). The van der Waals surface area contributed by atoms with E-state index in [1.54, 1.807) is 0 Å². The Bertz CT molecular complexity index is 1160. The van der Waals surface area contributed by atoms with E-state index in [9.17, 15) is 4.79 Å². The molecule has 0 bridgehead atoms. The Morgan fingerprint density at radius 1 is 1.04 bits per heavy atom. The fourth-order valence-corrected chi connectivity index (χ4v) is 4.91. The summed E-state index contributed by atoms with van der Waals surface area (Å²) in [6.45, 7) is 0.658. The predicted molar refractivity (Wildman–Crippen MR) is 116 cm³/mol. The van der Waals surface area contributed by atoms with Crippen LogP contribution in [0.4, 0.5) is 0 Å². The number of H-pyrrole nitrogens is 1. The van der Waals surface area contributed by atoms with Gasteiger partial charge >= 0.3 is 0 Å². The van der Waals surface area contributed by atoms with Gasteiger partial charge in [0.2, 0.25) is 0 Å². The second-order valence-electron chi connectivity index (χ2n) is 7.07. The third kappa shape index (κ3) is 2.93. The van der Waals surface area contributed by atoms with Gasteiger partial charge in [0.15, 0.2) is 5.78 Å². The molecule has 3 aromatic rings. The monoisotopic (exact) mass is 482 g/mol. The third-order valence-corrected chi connectivity index (χ3v) is 6.41. The van der Waals surface area contributed by atoms with Crippen LogP contribution in [0, 0.1) is 5.92 Å². The molecule has 1 aromatic heterocycles. The zero-order valence-corrected chi connectivity index (χ0v) is 17.6. The van der Waals surface area contributed by atoms with Gasteiger partial charge in [0.25, 0.3) is 0 Å². The van der Waals surface area contributed by atoms with Crippen LogP contribution in [-0.2, 0) is 11.2 Å². The molecule has 27 heavy (non-hydrogen) atoms. The lowest BCUT2D eigenvalue weighted by Gasteiger charge is -2.22. The number of aliphatic imine (C=N–C) groups is 1. The van der Waals surface area contributed by atoms with Crippen molar-refractivity contribution in [2.45, 2.75) is 12.8 Å². The number of fused-ring (bicyclic) bond motifs is 2. The number of nitrogens with one attached hydrogen (secondary N) is 1. The quantitative estimate of drug-likeness (QED) is 0.498. The number of carbonyl (C=O) groups is 1. The van der Waals surface area contributed by atoms with Crippen molar-refractivity contribution in [2.75, 3.05) is 6.54 Å². The van der Waals surface area contributed by atoms with Crippen molar-refractivity contribution >= 4 is 59.8 Å². The van der Waals surface area contributed by atoms with E-state index in [1.165, 1.54) is 16.7 Å². The number of nitrogens with zero attached hydrogens (tertiary/aromatic N) is 1. The van der Waals surface area contributed by atoms with E-state index in [4.69, 9.17) is 4.99 Å². The van der Waals surface area contributed by atoms with Crippen LogP contribution in [-0.4, -0.2) is 23.0 Å². The van der Waals surface area contributed by atoms with Crippen LogP contribution in [0.25, 0.3) is 16.5 Å². The molecule has 134 valence electrons. The standard InChI is InChI=1S/C22H16Br2N2O/c23-14-2-5-16-12(7-14)1-4-17(16)13-8-21(27)22(26-10-13)19-11-25-20-9-15(24)3-6-18(19)20/h2-7,9,11,13,25H,1,8,10H2/t13-/m0/s1. The molecule has 0 saturated heterocycles. The normalized spacial score (nSPS) is 19.2.